The largest absolute Gasteiger partial charge is 0.379 e. The highest BCUT2D eigenvalue weighted by Gasteiger charge is 2.05. The van der Waals surface area contributed by atoms with E-state index in [0.717, 1.165) is 17.5 Å². The normalized spacial score (nSPS) is 10.8. The fraction of sp³-hybridized carbons (Fsp3) is 0.435. The van der Waals surface area contributed by atoms with Crippen molar-refractivity contribution in [2.24, 2.45) is 0 Å². The summed E-state index contributed by atoms with van der Waals surface area (Å²) in [5, 5.41) is 3.01. The van der Waals surface area contributed by atoms with Gasteiger partial charge in [0.2, 0.25) is 5.91 Å². The van der Waals surface area contributed by atoms with Crippen molar-refractivity contribution in [2.75, 3.05) is 19.8 Å². The molecule has 0 bridgehead atoms. The number of hydrogen-bond acceptors (Lipinski definition) is 3. The maximum Gasteiger partial charge on any atom is 0.220 e. The Bertz CT molecular complexity index is 727. The molecule has 1 amide bonds. The summed E-state index contributed by atoms with van der Waals surface area (Å²) in [6.07, 6.45) is 1.27. The van der Waals surface area contributed by atoms with Gasteiger partial charge in [0.15, 0.2) is 0 Å². The molecule has 1 N–H and O–H groups in total. The van der Waals surface area contributed by atoms with Gasteiger partial charge in [0.25, 0.3) is 0 Å². The topological polar surface area (TPSA) is 47.6 Å². The lowest BCUT2D eigenvalue weighted by Crippen LogP contribution is -2.23. The second-order valence-corrected chi connectivity index (χ2v) is 6.78. The molecule has 0 fully saturated rings. The van der Waals surface area contributed by atoms with E-state index in [4.69, 9.17) is 9.47 Å². The standard InChI is InChI=1S/C23H31NO3/c1-4-26-12-13-27-17-21-7-5-6-20(15-21)16-24-23(25)11-10-22-9-8-18(2)14-19(22)3/h5-9,14-15H,4,10-13,16-17H2,1-3H3,(H,24,25). The molecule has 4 nitrogen and oxygen atoms in total. The first-order chi connectivity index (χ1) is 13.1. The third-order valence-electron chi connectivity index (χ3n) is 4.45. The Morgan fingerprint density at radius 1 is 1.00 bits per heavy atom. The number of amides is 1. The minimum atomic E-state index is 0.0772. The molecule has 0 aliphatic carbocycles. The molecule has 0 radical (unpaired) electrons. The summed E-state index contributed by atoms with van der Waals surface area (Å²) in [7, 11) is 0. The summed E-state index contributed by atoms with van der Waals surface area (Å²) < 4.78 is 10.9. The zero-order valence-corrected chi connectivity index (χ0v) is 16.7. The Morgan fingerprint density at radius 3 is 2.56 bits per heavy atom. The molecule has 0 aliphatic rings. The fourth-order valence-electron chi connectivity index (χ4n) is 2.95. The van der Waals surface area contributed by atoms with E-state index < -0.39 is 0 Å². The number of carbonyl (C=O) groups excluding carboxylic acids is 1. The second kappa shape index (κ2) is 11.5. The van der Waals surface area contributed by atoms with Gasteiger partial charge in [0.1, 0.15) is 0 Å². The van der Waals surface area contributed by atoms with Gasteiger partial charge in [-0.15, -0.1) is 0 Å². The molecule has 0 unspecified atom stereocenters. The average Bonchev–Trinajstić information content (AvgIpc) is 2.66. The highest BCUT2D eigenvalue weighted by atomic mass is 16.5. The summed E-state index contributed by atoms with van der Waals surface area (Å²) in [5.74, 6) is 0.0772. The summed E-state index contributed by atoms with van der Waals surface area (Å²) in [4.78, 5) is 12.2. The molecule has 4 heteroatoms. The fourth-order valence-corrected chi connectivity index (χ4v) is 2.95. The van der Waals surface area contributed by atoms with Crippen LogP contribution in [0.25, 0.3) is 0 Å². The quantitative estimate of drug-likeness (QED) is 0.607. The van der Waals surface area contributed by atoms with E-state index in [0.29, 0.717) is 39.4 Å². The molecule has 0 heterocycles. The van der Waals surface area contributed by atoms with E-state index in [1.165, 1.54) is 16.7 Å². The van der Waals surface area contributed by atoms with Crippen molar-refractivity contribution in [3.63, 3.8) is 0 Å². The van der Waals surface area contributed by atoms with Gasteiger partial charge in [0.05, 0.1) is 19.8 Å². The van der Waals surface area contributed by atoms with Crippen LogP contribution in [0.5, 0.6) is 0 Å². The molecule has 146 valence electrons. The van der Waals surface area contributed by atoms with Crippen molar-refractivity contribution in [3.8, 4) is 0 Å². The van der Waals surface area contributed by atoms with Gasteiger partial charge >= 0.3 is 0 Å². The van der Waals surface area contributed by atoms with Crippen molar-refractivity contribution in [1.82, 2.24) is 5.32 Å². The number of rotatable bonds is 11. The van der Waals surface area contributed by atoms with Crippen molar-refractivity contribution < 1.29 is 14.3 Å². The van der Waals surface area contributed by atoms with Crippen molar-refractivity contribution in [1.29, 1.82) is 0 Å². The molecule has 0 atom stereocenters. The molecule has 27 heavy (non-hydrogen) atoms. The molecule has 2 rings (SSSR count). The van der Waals surface area contributed by atoms with Crippen LogP contribution in [0.3, 0.4) is 0 Å². The van der Waals surface area contributed by atoms with Gasteiger partial charge in [-0.3, -0.25) is 4.79 Å². The van der Waals surface area contributed by atoms with Crippen LogP contribution in [-0.2, 0) is 33.8 Å². The Morgan fingerprint density at radius 2 is 1.78 bits per heavy atom. The number of hydrogen-bond donors (Lipinski definition) is 1. The van der Waals surface area contributed by atoms with E-state index in [2.05, 4.69) is 43.4 Å². The molecule has 0 saturated carbocycles. The summed E-state index contributed by atoms with van der Waals surface area (Å²) in [6.45, 7) is 9.17. The van der Waals surface area contributed by atoms with E-state index >= 15 is 0 Å². The monoisotopic (exact) mass is 369 g/mol. The van der Waals surface area contributed by atoms with E-state index in [-0.39, 0.29) is 5.91 Å². The molecular formula is C23H31NO3. The highest BCUT2D eigenvalue weighted by Crippen LogP contribution is 2.12. The van der Waals surface area contributed by atoms with Gasteiger partial charge in [-0.05, 0) is 49.4 Å². The lowest BCUT2D eigenvalue weighted by Gasteiger charge is -2.09. The third kappa shape index (κ3) is 7.94. The zero-order valence-electron chi connectivity index (χ0n) is 16.7. The zero-order chi connectivity index (χ0) is 19.5. The first-order valence-corrected chi connectivity index (χ1v) is 9.64. The van der Waals surface area contributed by atoms with Gasteiger partial charge in [-0.2, -0.15) is 0 Å². The van der Waals surface area contributed by atoms with Crippen molar-refractivity contribution in [3.05, 3.63) is 70.3 Å². The number of carbonyl (C=O) groups is 1. The van der Waals surface area contributed by atoms with Gasteiger partial charge in [0, 0.05) is 19.6 Å². The van der Waals surface area contributed by atoms with Crippen LogP contribution in [0.2, 0.25) is 0 Å². The van der Waals surface area contributed by atoms with E-state index in [9.17, 15) is 4.79 Å². The van der Waals surface area contributed by atoms with Crippen LogP contribution >= 0.6 is 0 Å². The predicted octanol–water partition coefficient (Wildman–Crippen LogP) is 4.11. The van der Waals surface area contributed by atoms with Crippen LogP contribution in [0.4, 0.5) is 0 Å². The highest BCUT2D eigenvalue weighted by molar-refractivity contribution is 5.76. The maximum absolute atomic E-state index is 12.2. The van der Waals surface area contributed by atoms with Crippen LogP contribution in [0.1, 0.15) is 41.2 Å². The number of nitrogens with one attached hydrogen (secondary N) is 1. The summed E-state index contributed by atoms with van der Waals surface area (Å²) in [6, 6.07) is 14.5. The lowest BCUT2D eigenvalue weighted by atomic mass is 10.0. The van der Waals surface area contributed by atoms with E-state index in [1.54, 1.807) is 0 Å². The second-order valence-electron chi connectivity index (χ2n) is 6.78. The minimum Gasteiger partial charge on any atom is -0.379 e. The van der Waals surface area contributed by atoms with Gasteiger partial charge < -0.3 is 14.8 Å². The van der Waals surface area contributed by atoms with Crippen molar-refractivity contribution in [2.45, 2.75) is 46.8 Å². The molecule has 0 saturated heterocycles. The number of ether oxygens (including phenoxy) is 2. The molecule has 0 aliphatic heterocycles. The van der Waals surface area contributed by atoms with Crippen LogP contribution in [-0.4, -0.2) is 25.7 Å². The average molecular weight is 370 g/mol. The van der Waals surface area contributed by atoms with Gasteiger partial charge in [-0.1, -0.05) is 48.0 Å². The smallest absolute Gasteiger partial charge is 0.220 e. The SMILES string of the molecule is CCOCCOCc1cccc(CNC(=O)CCc2ccc(C)cc2C)c1. The maximum atomic E-state index is 12.2. The minimum absolute atomic E-state index is 0.0772. The van der Waals surface area contributed by atoms with Crippen molar-refractivity contribution >= 4 is 5.91 Å². The van der Waals surface area contributed by atoms with Crippen LogP contribution < -0.4 is 5.32 Å². The van der Waals surface area contributed by atoms with E-state index in [1.807, 2.05) is 25.1 Å². The lowest BCUT2D eigenvalue weighted by molar-refractivity contribution is -0.121. The summed E-state index contributed by atoms with van der Waals surface area (Å²) >= 11 is 0. The molecule has 2 aromatic rings. The predicted molar refractivity (Wildman–Crippen MR) is 109 cm³/mol. The van der Waals surface area contributed by atoms with Crippen LogP contribution in [0, 0.1) is 13.8 Å². The van der Waals surface area contributed by atoms with Gasteiger partial charge in [-0.25, -0.2) is 0 Å². The van der Waals surface area contributed by atoms with Crippen LogP contribution in [0.15, 0.2) is 42.5 Å². The first-order valence-electron chi connectivity index (χ1n) is 9.64. The summed E-state index contributed by atoms with van der Waals surface area (Å²) in [5.41, 5.74) is 5.93. The third-order valence-corrected chi connectivity index (χ3v) is 4.45. The molecule has 0 spiro atoms. The number of benzene rings is 2. The molecular weight excluding hydrogens is 338 g/mol. The first kappa shape index (κ1) is 21.1. The molecule has 0 aromatic heterocycles. The Labute approximate surface area is 162 Å². The Balaban J connectivity index is 1.73. The Hall–Kier alpha value is -2.17. The Kier molecular flexibility index (Phi) is 9.02. The molecule has 2 aromatic carbocycles. The number of aryl methyl sites for hydroxylation is 3.